The topological polar surface area (TPSA) is 17.1 Å². The zero-order valence-corrected chi connectivity index (χ0v) is 23.2. The number of carbonyl (C=O) groups excluding carboxylic acids is 1. The minimum absolute atomic E-state index is 0.312. The highest BCUT2D eigenvalue weighted by Crippen LogP contribution is 2.69. The van der Waals surface area contributed by atoms with E-state index in [4.69, 9.17) is 0 Å². The number of rotatable bonds is 5. The lowest BCUT2D eigenvalue weighted by molar-refractivity contribution is -0.140. The summed E-state index contributed by atoms with van der Waals surface area (Å²) in [6, 6.07) is 0. The molecule has 8 atom stereocenters. The number of alkyl halides is 2. The molecule has 0 aromatic rings. The van der Waals surface area contributed by atoms with Gasteiger partial charge in [0, 0.05) is 6.42 Å². The van der Waals surface area contributed by atoms with Crippen LogP contribution in [0.25, 0.3) is 0 Å². The van der Waals surface area contributed by atoms with Gasteiger partial charge in [0.05, 0.1) is 0 Å². The molecule has 0 aromatic heterocycles. The molecule has 0 spiro atoms. The van der Waals surface area contributed by atoms with Crippen molar-refractivity contribution in [2.45, 2.75) is 108 Å². The lowest BCUT2D eigenvalue weighted by Crippen LogP contribution is -2.57. The first-order valence-corrected chi connectivity index (χ1v) is 14.5. The molecule has 30 heavy (non-hydrogen) atoms. The molecule has 6 unspecified atom stereocenters. The Labute approximate surface area is 202 Å². The van der Waals surface area contributed by atoms with E-state index >= 15 is 0 Å². The van der Waals surface area contributed by atoms with E-state index in [-0.39, 0.29) is 0 Å². The molecule has 3 heteroatoms. The van der Waals surface area contributed by atoms with Gasteiger partial charge in [0.25, 0.3) is 0 Å². The van der Waals surface area contributed by atoms with Crippen molar-refractivity contribution in [3.63, 3.8) is 0 Å². The van der Waals surface area contributed by atoms with Gasteiger partial charge in [-0.25, -0.2) is 0 Å². The highest BCUT2D eigenvalue weighted by Gasteiger charge is 2.63. The number of ketones is 1. The summed E-state index contributed by atoms with van der Waals surface area (Å²) in [5.74, 6) is 6.26. The van der Waals surface area contributed by atoms with Crippen molar-refractivity contribution in [1.29, 1.82) is 0 Å². The van der Waals surface area contributed by atoms with Crippen LogP contribution in [0.5, 0.6) is 0 Å². The maximum Gasteiger partial charge on any atom is 0.160 e. The normalized spacial score (nSPS) is 46.3. The third kappa shape index (κ3) is 3.92. The van der Waals surface area contributed by atoms with Gasteiger partial charge in [-0.1, -0.05) is 85.7 Å². The molecule has 4 aliphatic rings. The third-order valence-electron chi connectivity index (χ3n) is 10.7. The molecule has 4 rings (SSSR count). The van der Waals surface area contributed by atoms with Crippen LogP contribution in [0, 0.1) is 52.3 Å². The SMILES string of the molecule is CC(C)CCC[C@@H](C)C1CCC2C3CC[C@H]4CC(=O)C(Br)(Br)CC4(C)C3CCC21C. The van der Waals surface area contributed by atoms with E-state index < -0.39 is 3.23 Å². The molecule has 0 aliphatic heterocycles. The van der Waals surface area contributed by atoms with Crippen LogP contribution in [-0.2, 0) is 4.79 Å². The van der Waals surface area contributed by atoms with Gasteiger partial charge in [-0.15, -0.1) is 0 Å². The van der Waals surface area contributed by atoms with Crippen molar-refractivity contribution in [2.75, 3.05) is 0 Å². The van der Waals surface area contributed by atoms with Gasteiger partial charge in [0.15, 0.2) is 5.78 Å². The maximum absolute atomic E-state index is 12.7. The van der Waals surface area contributed by atoms with Gasteiger partial charge in [0.1, 0.15) is 3.23 Å². The smallest absolute Gasteiger partial charge is 0.160 e. The zero-order valence-electron chi connectivity index (χ0n) is 20.0. The average molecular weight is 544 g/mol. The number of hydrogen-bond donors (Lipinski definition) is 0. The van der Waals surface area contributed by atoms with Crippen molar-refractivity contribution in [3.8, 4) is 0 Å². The summed E-state index contributed by atoms with van der Waals surface area (Å²) in [7, 11) is 0. The second-order valence-corrected chi connectivity index (χ2v) is 16.5. The van der Waals surface area contributed by atoms with E-state index in [1.807, 2.05) is 0 Å². The van der Waals surface area contributed by atoms with Gasteiger partial charge in [-0.2, -0.15) is 0 Å². The molecular weight excluding hydrogens is 500 g/mol. The van der Waals surface area contributed by atoms with Crippen molar-refractivity contribution in [2.24, 2.45) is 52.3 Å². The Morgan fingerprint density at radius 2 is 1.63 bits per heavy atom. The van der Waals surface area contributed by atoms with Crippen molar-refractivity contribution < 1.29 is 4.79 Å². The Bertz CT molecular complexity index is 657. The van der Waals surface area contributed by atoms with Crippen molar-refractivity contribution in [3.05, 3.63) is 0 Å². The van der Waals surface area contributed by atoms with E-state index in [1.165, 1.54) is 57.8 Å². The van der Waals surface area contributed by atoms with Crippen LogP contribution in [0.4, 0.5) is 0 Å². The second kappa shape index (κ2) is 8.44. The molecule has 4 fully saturated rings. The van der Waals surface area contributed by atoms with Crippen LogP contribution in [-0.4, -0.2) is 9.02 Å². The second-order valence-electron chi connectivity index (χ2n) is 12.7. The predicted octanol–water partition coefficient (Wildman–Crippen LogP) is 8.77. The molecule has 4 saturated carbocycles. The summed E-state index contributed by atoms with van der Waals surface area (Å²) in [4.78, 5) is 12.7. The monoisotopic (exact) mass is 542 g/mol. The molecule has 0 amide bonds. The molecule has 0 aromatic carbocycles. The Morgan fingerprint density at radius 1 is 0.933 bits per heavy atom. The average Bonchev–Trinajstić information content (AvgIpc) is 2.99. The van der Waals surface area contributed by atoms with Gasteiger partial charge in [0.2, 0.25) is 0 Å². The number of carbonyl (C=O) groups is 1. The molecule has 0 N–H and O–H groups in total. The highest BCUT2D eigenvalue weighted by atomic mass is 79.9. The van der Waals surface area contributed by atoms with Crippen LogP contribution in [0.15, 0.2) is 0 Å². The molecule has 0 saturated heterocycles. The number of fused-ring (bicyclic) bond motifs is 5. The standard InChI is InChI=1S/C27H44Br2O/c1-17(2)7-6-8-18(3)21-11-12-22-20-10-9-19-15-24(30)27(28,29)16-26(19,5)23(20)13-14-25(21,22)4/h17-23H,6-16H2,1-5H3/t18-,19+,20?,21?,22?,23?,25?,26?/m1/s1. The lowest BCUT2D eigenvalue weighted by atomic mass is 9.44. The first-order valence-electron chi connectivity index (χ1n) is 12.9. The lowest BCUT2D eigenvalue weighted by Gasteiger charge is -2.61. The van der Waals surface area contributed by atoms with E-state index in [0.29, 0.717) is 22.5 Å². The Morgan fingerprint density at radius 3 is 2.33 bits per heavy atom. The summed E-state index contributed by atoms with van der Waals surface area (Å²) in [6.07, 6.45) is 14.4. The predicted molar refractivity (Wildman–Crippen MR) is 134 cm³/mol. The fraction of sp³-hybridized carbons (Fsp3) is 0.963. The summed E-state index contributed by atoms with van der Waals surface area (Å²) >= 11 is 7.54. The fourth-order valence-corrected chi connectivity index (χ4v) is 10.7. The largest absolute Gasteiger partial charge is 0.297 e. The van der Waals surface area contributed by atoms with Crippen molar-refractivity contribution >= 4 is 37.6 Å². The Hall–Kier alpha value is 0.630. The molecule has 4 aliphatic carbocycles. The molecule has 0 bridgehead atoms. The van der Waals surface area contributed by atoms with Gasteiger partial charge in [-0.3, -0.25) is 4.79 Å². The molecule has 172 valence electrons. The van der Waals surface area contributed by atoms with Crippen LogP contribution >= 0.6 is 31.9 Å². The molecular formula is C27H44Br2O. The van der Waals surface area contributed by atoms with Crippen molar-refractivity contribution in [1.82, 2.24) is 0 Å². The van der Waals surface area contributed by atoms with E-state index in [2.05, 4.69) is 66.5 Å². The van der Waals surface area contributed by atoms with E-state index in [9.17, 15) is 4.79 Å². The quantitative estimate of drug-likeness (QED) is 0.316. The highest BCUT2D eigenvalue weighted by molar-refractivity contribution is 9.25. The van der Waals surface area contributed by atoms with Crippen LogP contribution in [0.3, 0.4) is 0 Å². The molecule has 1 nitrogen and oxygen atoms in total. The zero-order chi connectivity index (χ0) is 21.9. The van der Waals surface area contributed by atoms with E-state index in [0.717, 1.165) is 48.3 Å². The van der Waals surface area contributed by atoms with Gasteiger partial charge < -0.3 is 0 Å². The summed E-state index contributed by atoms with van der Waals surface area (Å²) in [6.45, 7) is 12.5. The first-order chi connectivity index (χ1) is 14.0. The number of Topliss-reactive ketones (excluding diaryl/α,β-unsaturated/α-hetero) is 1. The number of halogens is 2. The van der Waals surface area contributed by atoms with Crippen LogP contribution in [0.2, 0.25) is 0 Å². The Balaban J connectivity index is 1.50. The molecule has 0 heterocycles. The minimum atomic E-state index is -0.475. The van der Waals surface area contributed by atoms with Gasteiger partial charge >= 0.3 is 0 Å². The van der Waals surface area contributed by atoms with Gasteiger partial charge in [-0.05, 0) is 97.2 Å². The summed E-state index contributed by atoms with van der Waals surface area (Å²) in [5, 5.41) is 0. The first kappa shape index (κ1) is 23.8. The maximum atomic E-state index is 12.7. The Kier molecular flexibility index (Phi) is 6.69. The molecule has 0 radical (unpaired) electrons. The summed E-state index contributed by atoms with van der Waals surface area (Å²) < 4.78 is -0.475. The summed E-state index contributed by atoms with van der Waals surface area (Å²) in [5.41, 5.74) is 0.873. The van der Waals surface area contributed by atoms with E-state index in [1.54, 1.807) is 0 Å². The fourth-order valence-electron chi connectivity index (χ4n) is 9.12. The minimum Gasteiger partial charge on any atom is -0.297 e. The third-order valence-corrected chi connectivity index (χ3v) is 12.2. The van der Waals surface area contributed by atoms with Crippen LogP contribution in [0.1, 0.15) is 105 Å². The van der Waals surface area contributed by atoms with Crippen LogP contribution < -0.4 is 0 Å². The number of hydrogen-bond acceptors (Lipinski definition) is 1.